The Labute approximate surface area is 227 Å². The summed E-state index contributed by atoms with van der Waals surface area (Å²) in [5.74, 6) is 0.417. The van der Waals surface area contributed by atoms with Crippen LogP contribution >= 0.6 is 0 Å². The molecule has 0 heterocycles. The zero-order chi connectivity index (χ0) is 27.7. The van der Waals surface area contributed by atoms with Crippen LogP contribution < -0.4 is 14.4 Å². The van der Waals surface area contributed by atoms with Crippen molar-refractivity contribution in [1.82, 2.24) is 10.2 Å². The first-order valence-corrected chi connectivity index (χ1v) is 15.2. The Hall–Kier alpha value is -3.07. The van der Waals surface area contributed by atoms with Crippen LogP contribution in [0.2, 0.25) is 0 Å². The Balaban J connectivity index is 1.75. The number of hydrogen-bond donors (Lipinski definition) is 1. The van der Waals surface area contributed by atoms with Crippen molar-refractivity contribution in [3.8, 4) is 5.75 Å². The van der Waals surface area contributed by atoms with Crippen LogP contribution in [0, 0.1) is 6.92 Å². The summed E-state index contributed by atoms with van der Waals surface area (Å²) in [6.45, 7) is 4.32. The van der Waals surface area contributed by atoms with Gasteiger partial charge in [0.15, 0.2) is 0 Å². The monoisotopic (exact) mass is 543 g/mol. The molecule has 208 valence electrons. The van der Waals surface area contributed by atoms with E-state index in [1.54, 1.807) is 24.1 Å². The number of carbonyl (C=O) groups is 2. The summed E-state index contributed by atoms with van der Waals surface area (Å²) in [6, 6.07) is 14.3. The summed E-state index contributed by atoms with van der Waals surface area (Å²) in [7, 11) is -1.92. The molecule has 2 aromatic rings. The number of nitrogens with zero attached hydrogens (tertiary/aromatic N) is 2. The summed E-state index contributed by atoms with van der Waals surface area (Å²) in [5.41, 5.74) is 2.50. The molecule has 0 spiro atoms. The highest BCUT2D eigenvalue weighted by Gasteiger charge is 2.30. The van der Waals surface area contributed by atoms with Crippen molar-refractivity contribution in [3.63, 3.8) is 0 Å². The first kappa shape index (κ1) is 29.5. The lowest BCUT2D eigenvalue weighted by atomic mass is 10.1. The lowest BCUT2D eigenvalue weighted by molar-refractivity contribution is -0.141. The Bertz CT molecular complexity index is 1160. The molecule has 8 nitrogen and oxygen atoms in total. The number of nitrogens with one attached hydrogen (secondary N) is 1. The molecule has 2 amide bonds. The van der Waals surface area contributed by atoms with Gasteiger partial charge in [-0.05, 0) is 62.4 Å². The largest absolute Gasteiger partial charge is 0.497 e. The van der Waals surface area contributed by atoms with Crippen LogP contribution in [0.3, 0.4) is 0 Å². The molecule has 1 aliphatic rings. The normalized spacial score (nSPS) is 14.6. The molecular formula is C29H41N3O5S. The van der Waals surface area contributed by atoms with Gasteiger partial charge in [0.05, 0.1) is 19.1 Å². The third-order valence-electron chi connectivity index (χ3n) is 7.07. The predicted molar refractivity (Wildman–Crippen MR) is 151 cm³/mol. The fourth-order valence-corrected chi connectivity index (χ4v) is 5.90. The van der Waals surface area contributed by atoms with Crippen LogP contribution in [0.25, 0.3) is 0 Å². The third kappa shape index (κ3) is 8.21. The van der Waals surface area contributed by atoms with Crippen molar-refractivity contribution in [3.05, 3.63) is 59.7 Å². The number of sulfonamides is 1. The average molecular weight is 544 g/mol. The number of benzene rings is 2. The zero-order valence-electron chi connectivity index (χ0n) is 23.0. The number of rotatable bonds is 13. The van der Waals surface area contributed by atoms with E-state index in [-0.39, 0.29) is 37.4 Å². The zero-order valence-corrected chi connectivity index (χ0v) is 23.8. The van der Waals surface area contributed by atoms with Crippen LogP contribution in [0.1, 0.15) is 63.0 Å². The molecule has 9 heteroatoms. The SMILES string of the molecule is CCC(C(=O)NC1CCCC1)N(Cc1ccc(OC)cc1)C(=O)CCCN(c1ccc(C)cc1)S(C)(=O)=O. The van der Waals surface area contributed by atoms with Gasteiger partial charge in [-0.15, -0.1) is 0 Å². The first-order chi connectivity index (χ1) is 18.1. The van der Waals surface area contributed by atoms with Gasteiger partial charge < -0.3 is 15.0 Å². The van der Waals surface area contributed by atoms with Crippen LogP contribution in [-0.2, 0) is 26.2 Å². The number of ether oxygens (including phenoxy) is 1. The van der Waals surface area contributed by atoms with Crippen LogP contribution in [0.4, 0.5) is 5.69 Å². The number of amides is 2. The van der Waals surface area contributed by atoms with Crippen LogP contribution in [-0.4, -0.2) is 57.1 Å². The highest BCUT2D eigenvalue weighted by molar-refractivity contribution is 7.92. The number of anilines is 1. The molecule has 1 saturated carbocycles. The van der Waals surface area contributed by atoms with Gasteiger partial charge in [-0.2, -0.15) is 0 Å². The molecule has 1 atom stereocenters. The van der Waals surface area contributed by atoms with Gasteiger partial charge in [-0.1, -0.05) is 49.6 Å². The molecule has 2 aromatic carbocycles. The van der Waals surface area contributed by atoms with E-state index in [1.807, 2.05) is 50.2 Å². The smallest absolute Gasteiger partial charge is 0.243 e. The second kappa shape index (κ2) is 13.6. The Morgan fingerprint density at radius 3 is 2.24 bits per heavy atom. The molecule has 0 bridgehead atoms. The lowest BCUT2D eigenvalue weighted by Crippen LogP contribution is -2.51. The van der Waals surface area contributed by atoms with Crippen molar-refractivity contribution < 1.29 is 22.7 Å². The van der Waals surface area contributed by atoms with Gasteiger partial charge in [0, 0.05) is 25.6 Å². The van der Waals surface area contributed by atoms with Gasteiger partial charge in [-0.3, -0.25) is 13.9 Å². The summed E-state index contributed by atoms with van der Waals surface area (Å²) < 4.78 is 31.6. The van der Waals surface area contributed by atoms with E-state index in [1.165, 1.54) is 10.6 Å². The molecule has 3 rings (SSSR count). The van der Waals surface area contributed by atoms with Crippen molar-refractivity contribution in [1.29, 1.82) is 0 Å². The van der Waals surface area contributed by atoms with E-state index >= 15 is 0 Å². The summed E-state index contributed by atoms with van der Waals surface area (Å²) >= 11 is 0. The van der Waals surface area contributed by atoms with E-state index in [0.29, 0.717) is 18.5 Å². The van der Waals surface area contributed by atoms with Crippen LogP contribution in [0.5, 0.6) is 5.75 Å². The standard InChI is InChI=1S/C29H41N3O5S/c1-5-27(29(34)30-24-9-6-7-10-24)31(21-23-14-18-26(37-3)19-15-23)28(33)11-8-20-32(38(4,35)36)25-16-12-22(2)13-17-25/h12-19,24,27H,5-11,20-21H2,1-4H3,(H,30,34). The molecule has 1 aliphatic carbocycles. The highest BCUT2D eigenvalue weighted by Crippen LogP contribution is 2.22. The Morgan fingerprint density at radius 2 is 1.68 bits per heavy atom. The molecule has 0 saturated heterocycles. The Morgan fingerprint density at radius 1 is 1.05 bits per heavy atom. The molecule has 0 aliphatic heterocycles. The van der Waals surface area contributed by atoms with E-state index < -0.39 is 16.1 Å². The van der Waals surface area contributed by atoms with Gasteiger partial charge in [0.1, 0.15) is 11.8 Å². The predicted octanol–water partition coefficient (Wildman–Crippen LogP) is 4.42. The molecule has 1 fully saturated rings. The van der Waals surface area contributed by atoms with Crippen molar-refractivity contribution >= 4 is 27.5 Å². The minimum atomic E-state index is -3.52. The van der Waals surface area contributed by atoms with E-state index in [4.69, 9.17) is 4.74 Å². The maximum Gasteiger partial charge on any atom is 0.243 e. The van der Waals surface area contributed by atoms with Gasteiger partial charge in [0.2, 0.25) is 21.8 Å². The Kier molecular flexibility index (Phi) is 10.6. The minimum absolute atomic E-state index is 0.126. The second-order valence-corrected chi connectivity index (χ2v) is 12.0. The second-order valence-electron chi connectivity index (χ2n) is 10.1. The van der Waals surface area contributed by atoms with Crippen molar-refractivity contribution in [2.24, 2.45) is 0 Å². The molecular weight excluding hydrogens is 502 g/mol. The maximum atomic E-state index is 13.6. The number of methoxy groups -OCH3 is 1. The minimum Gasteiger partial charge on any atom is -0.497 e. The lowest BCUT2D eigenvalue weighted by Gasteiger charge is -2.32. The van der Waals surface area contributed by atoms with Crippen LogP contribution in [0.15, 0.2) is 48.5 Å². The highest BCUT2D eigenvalue weighted by atomic mass is 32.2. The van der Waals surface area contributed by atoms with E-state index in [0.717, 1.165) is 42.6 Å². The molecule has 1 unspecified atom stereocenters. The maximum absolute atomic E-state index is 13.6. The van der Waals surface area contributed by atoms with Crippen molar-refractivity contribution in [2.75, 3.05) is 24.2 Å². The number of hydrogen-bond acceptors (Lipinski definition) is 5. The van der Waals surface area contributed by atoms with Gasteiger partial charge >= 0.3 is 0 Å². The fraction of sp³-hybridized carbons (Fsp3) is 0.517. The van der Waals surface area contributed by atoms with Gasteiger partial charge in [0.25, 0.3) is 0 Å². The molecule has 38 heavy (non-hydrogen) atoms. The van der Waals surface area contributed by atoms with E-state index in [9.17, 15) is 18.0 Å². The van der Waals surface area contributed by atoms with Gasteiger partial charge in [-0.25, -0.2) is 8.42 Å². The summed E-state index contributed by atoms with van der Waals surface area (Å²) in [5, 5.41) is 3.15. The molecule has 1 N–H and O–H groups in total. The quantitative estimate of drug-likeness (QED) is 0.404. The first-order valence-electron chi connectivity index (χ1n) is 13.4. The summed E-state index contributed by atoms with van der Waals surface area (Å²) in [4.78, 5) is 28.5. The summed E-state index contributed by atoms with van der Waals surface area (Å²) in [6.07, 6.45) is 6.26. The van der Waals surface area contributed by atoms with E-state index in [2.05, 4.69) is 5.32 Å². The topological polar surface area (TPSA) is 96.0 Å². The average Bonchev–Trinajstić information content (AvgIpc) is 3.40. The fourth-order valence-electron chi connectivity index (χ4n) is 4.93. The number of carbonyl (C=O) groups excluding carboxylic acids is 2. The van der Waals surface area contributed by atoms with Crippen molar-refractivity contribution in [2.45, 2.75) is 77.4 Å². The molecule has 0 radical (unpaired) electrons. The molecule has 0 aromatic heterocycles. The number of aryl methyl sites for hydroxylation is 1. The third-order valence-corrected chi connectivity index (χ3v) is 8.27.